The smallest absolute Gasteiger partial charge is 0.306 e. The molecule has 0 aliphatic heterocycles. The summed E-state index contributed by atoms with van der Waals surface area (Å²) in [5.74, 6) is -0.328. The second-order valence-electron chi connectivity index (χ2n) is 4.28. The van der Waals surface area contributed by atoms with Gasteiger partial charge in [0.1, 0.15) is 0 Å². The highest BCUT2D eigenvalue weighted by Gasteiger charge is 2.14. The number of carbonyl (C=O) groups is 2. The van der Waals surface area contributed by atoms with Crippen molar-refractivity contribution in [1.29, 1.82) is 0 Å². The van der Waals surface area contributed by atoms with Gasteiger partial charge in [0.15, 0.2) is 0 Å². The molecule has 6 heteroatoms. The quantitative estimate of drug-likeness (QED) is 0.607. The van der Waals surface area contributed by atoms with Crippen LogP contribution in [0.1, 0.15) is 10.4 Å². The zero-order valence-corrected chi connectivity index (χ0v) is 13.5. The van der Waals surface area contributed by atoms with Gasteiger partial charge in [-0.2, -0.15) is 0 Å². The maximum Gasteiger partial charge on any atom is 0.340 e. The van der Waals surface area contributed by atoms with E-state index in [1.54, 1.807) is 24.3 Å². The van der Waals surface area contributed by atoms with Crippen molar-refractivity contribution in [3.05, 3.63) is 63.7 Å². The highest BCUT2D eigenvalue weighted by Crippen LogP contribution is 2.11. The van der Waals surface area contributed by atoms with Crippen LogP contribution in [0, 0.1) is 3.57 Å². The number of halogens is 1. The number of nitrogens with zero attached hydrogens (tertiary/aromatic N) is 1. The molecular weight excluding hydrogens is 381 g/mol. The van der Waals surface area contributed by atoms with E-state index in [-0.39, 0.29) is 5.91 Å². The topological polar surface area (TPSA) is 61.4 Å². The summed E-state index contributed by atoms with van der Waals surface area (Å²) in [6.07, 6.45) is 0. The van der Waals surface area contributed by atoms with Crippen molar-refractivity contribution in [2.45, 2.75) is 0 Å². The number of urea groups is 1. The van der Waals surface area contributed by atoms with E-state index in [0.717, 1.165) is 8.58 Å². The van der Waals surface area contributed by atoms with Gasteiger partial charge >= 0.3 is 6.03 Å². The molecule has 0 unspecified atom stereocenters. The molecule has 0 bridgehead atoms. The van der Waals surface area contributed by atoms with Crippen LogP contribution in [0.25, 0.3) is 0 Å². The Balaban J connectivity index is 1.98. The number of rotatable bonds is 2. The van der Waals surface area contributed by atoms with Gasteiger partial charge in [-0.25, -0.2) is 9.80 Å². The number of hydrazine groups is 1. The maximum atomic E-state index is 12.1. The Labute approximate surface area is 136 Å². The lowest BCUT2D eigenvalue weighted by Crippen LogP contribution is -2.45. The summed E-state index contributed by atoms with van der Waals surface area (Å²) in [5, 5.41) is 3.81. The molecule has 0 heterocycles. The van der Waals surface area contributed by atoms with Crippen molar-refractivity contribution in [2.24, 2.45) is 0 Å². The monoisotopic (exact) mass is 395 g/mol. The third kappa shape index (κ3) is 4.19. The second-order valence-corrected chi connectivity index (χ2v) is 5.44. The lowest BCUT2D eigenvalue weighted by molar-refractivity contribution is 0.0861. The molecule has 0 aliphatic carbocycles. The molecule has 0 spiro atoms. The number of carbonyl (C=O) groups excluding carboxylic acids is 2. The number of benzene rings is 2. The average Bonchev–Trinajstić information content (AvgIpc) is 2.48. The number of hydrogen-bond donors (Lipinski definition) is 2. The molecular formula is C15H14IN3O2. The van der Waals surface area contributed by atoms with Crippen LogP contribution < -0.4 is 10.7 Å². The molecule has 2 aromatic carbocycles. The van der Waals surface area contributed by atoms with E-state index in [1.807, 2.05) is 30.3 Å². The fourth-order valence-electron chi connectivity index (χ4n) is 1.64. The molecule has 0 saturated carbocycles. The standard InChI is InChI=1S/C15H14IN3O2/c1-19(15(21)17-11-7-3-2-4-8-11)18-14(20)12-9-5-6-10-13(12)16/h2-10H,1H3,(H,17,21)(H,18,20). The number of anilines is 1. The first kappa shape index (κ1) is 15.3. The predicted molar refractivity (Wildman–Crippen MR) is 89.8 cm³/mol. The zero-order chi connectivity index (χ0) is 15.2. The van der Waals surface area contributed by atoms with Gasteiger partial charge in [0.05, 0.1) is 5.56 Å². The van der Waals surface area contributed by atoms with E-state index in [4.69, 9.17) is 0 Å². The first-order valence-electron chi connectivity index (χ1n) is 6.23. The van der Waals surface area contributed by atoms with E-state index < -0.39 is 6.03 Å². The van der Waals surface area contributed by atoms with Gasteiger partial charge in [0.2, 0.25) is 0 Å². The van der Waals surface area contributed by atoms with E-state index in [1.165, 1.54) is 7.05 Å². The number of amides is 3. The van der Waals surface area contributed by atoms with Gasteiger partial charge in [-0.05, 0) is 46.9 Å². The van der Waals surface area contributed by atoms with Crippen molar-refractivity contribution in [3.8, 4) is 0 Å². The van der Waals surface area contributed by atoms with Gasteiger partial charge in [-0.1, -0.05) is 30.3 Å². The molecule has 2 aromatic rings. The van der Waals surface area contributed by atoms with E-state index >= 15 is 0 Å². The first-order chi connectivity index (χ1) is 10.1. The molecule has 0 atom stereocenters. The lowest BCUT2D eigenvalue weighted by atomic mass is 10.2. The largest absolute Gasteiger partial charge is 0.340 e. The van der Waals surface area contributed by atoms with Gasteiger partial charge in [0, 0.05) is 16.3 Å². The van der Waals surface area contributed by atoms with Crippen LogP contribution in [-0.4, -0.2) is 24.0 Å². The van der Waals surface area contributed by atoms with Crippen LogP contribution in [0.4, 0.5) is 10.5 Å². The molecule has 5 nitrogen and oxygen atoms in total. The molecule has 0 aliphatic rings. The van der Waals surface area contributed by atoms with Crippen LogP contribution in [0.5, 0.6) is 0 Å². The lowest BCUT2D eigenvalue weighted by Gasteiger charge is -2.19. The van der Waals surface area contributed by atoms with Gasteiger partial charge in [-0.15, -0.1) is 0 Å². The van der Waals surface area contributed by atoms with Crippen molar-refractivity contribution in [2.75, 3.05) is 12.4 Å². The Kier molecular flexibility index (Phi) is 5.15. The molecule has 108 valence electrons. The summed E-state index contributed by atoms with van der Waals surface area (Å²) in [7, 11) is 1.49. The molecule has 0 fully saturated rings. The highest BCUT2D eigenvalue weighted by molar-refractivity contribution is 14.1. The van der Waals surface area contributed by atoms with E-state index in [2.05, 4.69) is 33.3 Å². The minimum Gasteiger partial charge on any atom is -0.306 e. The van der Waals surface area contributed by atoms with Crippen molar-refractivity contribution >= 4 is 40.2 Å². The third-order valence-corrected chi connectivity index (χ3v) is 3.66. The summed E-state index contributed by atoms with van der Waals surface area (Å²) < 4.78 is 0.824. The normalized spacial score (nSPS) is 9.81. The maximum absolute atomic E-state index is 12.1. The SMILES string of the molecule is CN(NC(=O)c1ccccc1I)C(=O)Nc1ccccc1. The Bertz CT molecular complexity index is 646. The second kappa shape index (κ2) is 7.07. The number of nitrogens with one attached hydrogen (secondary N) is 2. The zero-order valence-electron chi connectivity index (χ0n) is 11.3. The third-order valence-electron chi connectivity index (χ3n) is 2.72. The number of para-hydroxylation sites is 1. The van der Waals surface area contributed by atoms with Crippen LogP contribution in [-0.2, 0) is 0 Å². The fraction of sp³-hybridized carbons (Fsp3) is 0.0667. The fourth-order valence-corrected chi connectivity index (χ4v) is 2.27. The van der Waals surface area contributed by atoms with Crippen LogP contribution in [0.2, 0.25) is 0 Å². The molecule has 0 aromatic heterocycles. The van der Waals surface area contributed by atoms with Crippen LogP contribution in [0.3, 0.4) is 0 Å². The van der Waals surface area contributed by atoms with Crippen molar-refractivity contribution in [3.63, 3.8) is 0 Å². The predicted octanol–water partition coefficient (Wildman–Crippen LogP) is 3.10. The van der Waals surface area contributed by atoms with Crippen LogP contribution in [0.15, 0.2) is 54.6 Å². The van der Waals surface area contributed by atoms with E-state index in [9.17, 15) is 9.59 Å². The number of hydrogen-bond acceptors (Lipinski definition) is 2. The average molecular weight is 395 g/mol. The molecule has 21 heavy (non-hydrogen) atoms. The molecule has 3 amide bonds. The molecule has 2 rings (SSSR count). The van der Waals surface area contributed by atoms with Crippen molar-refractivity contribution < 1.29 is 9.59 Å². The molecule has 2 N–H and O–H groups in total. The van der Waals surface area contributed by atoms with Gasteiger partial charge < -0.3 is 5.32 Å². The minimum atomic E-state index is -0.416. The Morgan fingerprint density at radius 2 is 1.62 bits per heavy atom. The van der Waals surface area contributed by atoms with Crippen molar-refractivity contribution in [1.82, 2.24) is 10.4 Å². The Morgan fingerprint density at radius 1 is 1.00 bits per heavy atom. The summed E-state index contributed by atoms with van der Waals surface area (Å²) >= 11 is 2.08. The molecule has 0 saturated heterocycles. The summed E-state index contributed by atoms with van der Waals surface area (Å²) in [6, 6.07) is 15.8. The van der Waals surface area contributed by atoms with Crippen LogP contribution >= 0.6 is 22.6 Å². The molecule has 0 radical (unpaired) electrons. The summed E-state index contributed by atoms with van der Waals surface area (Å²) in [4.78, 5) is 24.1. The summed E-state index contributed by atoms with van der Waals surface area (Å²) in [6.45, 7) is 0. The Hall–Kier alpha value is -2.09. The van der Waals surface area contributed by atoms with E-state index in [0.29, 0.717) is 11.3 Å². The minimum absolute atomic E-state index is 0.328. The van der Waals surface area contributed by atoms with Gasteiger partial charge in [0.25, 0.3) is 5.91 Å². The highest BCUT2D eigenvalue weighted by atomic mass is 127. The Morgan fingerprint density at radius 3 is 2.29 bits per heavy atom. The van der Waals surface area contributed by atoms with Gasteiger partial charge in [-0.3, -0.25) is 10.2 Å². The summed E-state index contributed by atoms with van der Waals surface area (Å²) in [5.41, 5.74) is 3.72. The first-order valence-corrected chi connectivity index (χ1v) is 7.31.